The van der Waals surface area contributed by atoms with Crippen molar-refractivity contribution >= 4 is 14.8 Å². The lowest BCUT2D eigenvalue weighted by Gasteiger charge is -1.91. The Balaban J connectivity index is 3.40. The molecule has 0 aromatic carbocycles. The van der Waals surface area contributed by atoms with Gasteiger partial charge >= 0.3 is 14.8 Å². The Morgan fingerprint density at radius 2 is 1.86 bits per heavy atom. The first-order chi connectivity index (χ1) is 3.06. The molecule has 0 aromatic rings. The number of nitriles is 1. The Hall–Kier alpha value is -0.135. The topological polar surface area (TPSA) is 84.5 Å². The normalized spacial score (nSPS) is 10.0. The van der Waals surface area contributed by atoms with E-state index in [-0.39, 0.29) is 0 Å². The SMILES string of the molecule is N#C[B][P+](O)(O)O. The summed E-state index contributed by atoms with van der Waals surface area (Å²) in [5.74, 6) is 1.28. The average Bonchev–Trinajstić information content (AvgIpc) is 1.30. The van der Waals surface area contributed by atoms with Crippen LogP contribution in [0.25, 0.3) is 0 Å². The van der Waals surface area contributed by atoms with Gasteiger partial charge in [-0.1, -0.05) is 0 Å². The fourth-order valence-electron chi connectivity index (χ4n) is 0.0775. The number of nitrogens with zero attached hydrogens (tertiary/aromatic N) is 1. The number of hydrogen-bond acceptors (Lipinski definition) is 4. The Bertz CT molecular complexity index is 92.1. The minimum atomic E-state index is -3.90. The summed E-state index contributed by atoms with van der Waals surface area (Å²) >= 11 is 0. The highest BCUT2D eigenvalue weighted by atomic mass is 31.2. The molecule has 0 heterocycles. The van der Waals surface area contributed by atoms with E-state index in [2.05, 4.69) is 0 Å². The molecule has 0 unspecified atom stereocenters. The lowest BCUT2D eigenvalue weighted by atomic mass is 10.2. The van der Waals surface area contributed by atoms with Crippen LogP contribution in [0.2, 0.25) is 0 Å². The van der Waals surface area contributed by atoms with Gasteiger partial charge in [-0.3, -0.25) is 0 Å². The molecule has 1 radical (unpaired) electrons. The fraction of sp³-hybridized carbons (Fsp3) is 0. The molecule has 0 saturated heterocycles. The molecule has 0 fully saturated rings. The van der Waals surface area contributed by atoms with E-state index < -0.39 is 7.82 Å². The van der Waals surface area contributed by atoms with Crippen molar-refractivity contribution in [3.63, 3.8) is 0 Å². The van der Waals surface area contributed by atoms with Crippen LogP contribution in [0.3, 0.4) is 0 Å². The Morgan fingerprint density at radius 3 is 1.86 bits per heavy atom. The summed E-state index contributed by atoms with van der Waals surface area (Å²) in [5, 5.41) is 7.64. The Kier molecular flexibility index (Phi) is 2.20. The predicted molar refractivity (Wildman–Crippen MR) is 24.9 cm³/mol. The van der Waals surface area contributed by atoms with E-state index >= 15 is 0 Å². The molecule has 0 saturated carbocycles. The maximum atomic E-state index is 7.96. The monoisotopic (exact) mass is 119 g/mol. The summed E-state index contributed by atoms with van der Waals surface area (Å²) < 4.78 is 0. The second-order valence-corrected chi connectivity index (χ2v) is 2.36. The summed E-state index contributed by atoms with van der Waals surface area (Å²) in [4.78, 5) is 23.9. The highest BCUT2D eigenvalue weighted by Gasteiger charge is 2.33. The summed E-state index contributed by atoms with van der Waals surface area (Å²) in [7, 11) is -3.90. The van der Waals surface area contributed by atoms with E-state index in [9.17, 15) is 0 Å². The molecular formula is CH3BNO3P+. The van der Waals surface area contributed by atoms with Crippen LogP contribution < -0.4 is 0 Å². The van der Waals surface area contributed by atoms with Crippen LogP contribution in [0.15, 0.2) is 0 Å². The fourth-order valence-corrected chi connectivity index (χ4v) is 0.232. The molecule has 0 aliphatic heterocycles. The van der Waals surface area contributed by atoms with Crippen molar-refractivity contribution in [2.75, 3.05) is 0 Å². The first-order valence-corrected chi connectivity index (χ1v) is 3.09. The largest absolute Gasteiger partial charge is 0.592 e. The van der Waals surface area contributed by atoms with E-state index in [4.69, 9.17) is 19.9 Å². The molecule has 0 aliphatic carbocycles. The Morgan fingerprint density at radius 1 is 1.43 bits per heavy atom. The molecule has 0 spiro atoms. The maximum Gasteiger partial charge on any atom is 0.592 e. The van der Waals surface area contributed by atoms with Crippen molar-refractivity contribution in [1.82, 2.24) is 0 Å². The molecule has 0 bridgehead atoms. The van der Waals surface area contributed by atoms with Gasteiger partial charge in [0.15, 0.2) is 0 Å². The van der Waals surface area contributed by atoms with Gasteiger partial charge in [0.2, 0.25) is 0 Å². The average molecular weight is 119 g/mol. The molecule has 6 heteroatoms. The van der Waals surface area contributed by atoms with E-state index in [1.54, 1.807) is 0 Å². The van der Waals surface area contributed by atoms with Crippen LogP contribution in [-0.2, 0) is 0 Å². The molecule has 0 atom stereocenters. The van der Waals surface area contributed by atoms with Crippen LogP contribution in [0.5, 0.6) is 0 Å². The Labute approximate surface area is 41.8 Å². The van der Waals surface area contributed by atoms with Gasteiger partial charge in [-0.05, 0) is 0 Å². The minimum Gasteiger partial charge on any atom is -0.208 e. The van der Waals surface area contributed by atoms with Crippen LogP contribution in [0.1, 0.15) is 0 Å². The third-order valence-electron chi connectivity index (χ3n) is 0.231. The lowest BCUT2D eigenvalue weighted by molar-refractivity contribution is 0.355. The van der Waals surface area contributed by atoms with Crippen LogP contribution in [0, 0.1) is 11.2 Å². The molecule has 4 nitrogen and oxygen atoms in total. The van der Waals surface area contributed by atoms with Crippen molar-refractivity contribution in [3.8, 4) is 5.97 Å². The number of hydrogen-bond donors (Lipinski definition) is 3. The van der Waals surface area contributed by atoms with E-state index in [1.807, 2.05) is 0 Å². The van der Waals surface area contributed by atoms with Crippen molar-refractivity contribution in [1.29, 1.82) is 5.26 Å². The van der Waals surface area contributed by atoms with Gasteiger partial charge in [-0.25, -0.2) is 19.9 Å². The third-order valence-corrected chi connectivity index (χ3v) is 0.693. The third kappa shape index (κ3) is 5.86. The molecule has 7 heavy (non-hydrogen) atoms. The molecular weight excluding hydrogens is 116 g/mol. The van der Waals surface area contributed by atoms with Gasteiger partial charge in [0.1, 0.15) is 0 Å². The van der Waals surface area contributed by atoms with Gasteiger partial charge in [0.25, 0.3) is 0 Å². The molecule has 0 amide bonds. The number of rotatable bonds is 1. The maximum absolute atomic E-state index is 7.96. The summed E-state index contributed by atoms with van der Waals surface area (Å²) in [5.41, 5.74) is 0. The van der Waals surface area contributed by atoms with E-state index in [0.717, 1.165) is 0 Å². The molecule has 0 rings (SSSR count). The van der Waals surface area contributed by atoms with Crippen molar-refractivity contribution in [2.45, 2.75) is 0 Å². The van der Waals surface area contributed by atoms with Crippen LogP contribution >= 0.6 is 7.82 Å². The quantitative estimate of drug-likeness (QED) is 0.299. The molecule has 0 aliphatic rings. The van der Waals surface area contributed by atoms with Crippen molar-refractivity contribution in [3.05, 3.63) is 0 Å². The predicted octanol–water partition coefficient (Wildman–Crippen LogP) is -1.17. The van der Waals surface area contributed by atoms with Gasteiger partial charge in [0.05, 0.1) is 5.97 Å². The van der Waals surface area contributed by atoms with Gasteiger partial charge < -0.3 is 0 Å². The van der Waals surface area contributed by atoms with Gasteiger partial charge in [-0.15, -0.1) is 0 Å². The second-order valence-electron chi connectivity index (χ2n) is 0.873. The second kappa shape index (κ2) is 2.24. The first kappa shape index (κ1) is 6.86. The molecule has 0 aromatic heterocycles. The highest BCUT2D eigenvalue weighted by molar-refractivity contribution is 7.88. The van der Waals surface area contributed by atoms with E-state index in [0.29, 0.717) is 7.00 Å². The first-order valence-electron chi connectivity index (χ1n) is 1.37. The zero-order valence-corrected chi connectivity index (χ0v) is 4.21. The standard InChI is InChI=1S/CH3BNO3P/c3-1-2-7(4,5)6/h4-6H/q+1. The molecule has 37 valence electrons. The van der Waals surface area contributed by atoms with Crippen LogP contribution in [0.4, 0.5) is 0 Å². The molecule has 3 N–H and O–H groups in total. The summed E-state index contributed by atoms with van der Waals surface area (Å²) in [6.07, 6.45) is 0. The van der Waals surface area contributed by atoms with Gasteiger partial charge in [-0.2, -0.15) is 0 Å². The zero-order chi connectivity index (χ0) is 5.91. The highest BCUT2D eigenvalue weighted by Crippen LogP contribution is 2.40. The van der Waals surface area contributed by atoms with Gasteiger partial charge in [0, 0.05) is 0 Å². The summed E-state index contributed by atoms with van der Waals surface area (Å²) in [6.45, 7) is 0.396. The zero-order valence-electron chi connectivity index (χ0n) is 3.31. The smallest absolute Gasteiger partial charge is 0.208 e. The van der Waals surface area contributed by atoms with Crippen molar-refractivity contribution in [2.24, 2.45) is 0 Å². The minimum absolute atomic E-state index is 0.396. The van der Waals surface area contributed by atoms with E-state index in [1.165, 1.54) is 5.97 Å². The lowest BCUT2D eigenvalue weighted by Crippen LogP contribution is -1.94. The van der Waals surface area contributed by atoms with Crippen molar-refractivity contribution < 1.29 is 14.7 Å². The van der Waals surface area contributed by atoms with Crippen LogP contribution in [-0.4, -0.2) is 21.7 Å². The summed E-state index contributed by atoms with van der Waals surface area (Å²) in [6, 6.07) is 0.